The highest BCUT2D eigenvalue weighted by molar-refractivity contribution is 7.10. The predicted octanol–water partition coefficient (Wildman–Crippen LogP) is 3.97. The van der Waals surface area contributed by atoms with Crippen molar-refractivity contribution in [3.8, 4) is 5.75 Å². The van der Waals surface area contributed by atoms with Crippen LogP contribution in [0, 0.1) is 0 Å². The first-order valence-corrected chi connectivity index (χ1v) is 11.1. The summed E-state index contributed by atoms with van der Waals surface area (Å²) in [7, 11) is 1.96. The summed E-state index contributed by atoms with van der Waals surface area (Å²) in [6, 6.07) is 12.4. The van der Waals surface area contributed by atoms with Gasteiger partial charge in [0.25, 0.3) is 0 Å². The Labute approximate surface area is 172 Å². The van der Waals surface area contributed by atoms with Crippen molar-refractivity contribution in [2.75, 3.05) is 31.6 Å². The first-order valence-electron chi connectivity index (χ1n) is 10.2. The molecule has 0 spiro atoms. The molecule has 5 nitrogen and oxygen atoms in total. The summed E-state index contributed by atoms with van der Waals surface area (Å²) in [5.41, 5.74) is 0.929. The summed E-state index contributed by atoms with van der Waals surface area (Å²) in [6.45, 7) is 4.64. The van der Waals surface area contributed by atoms with E-state index in [1.54, 1.807) is 11.3 Å². The molecular formula is C22H31N3O2S. The van der Waals surface area contributed by atoms with Gasteiger partial charge in [0.2, 0.25) is 5.91 Å². The van der Waals surface area contributed by atoms with Gasteiger partial charge in [-0.05, 0) is 56.6 Å². The van der Waals surface area contributed by atoms with Gasteiger partial charge >= 0.3 is 0 Å². The zero-order chi connectivity index (χ0) is 19.8. The quantitative estimate of drug-likeness (QED) is 0.668. The second-order valence-corrected chi connectivity index (χ2v) is 8.14. The summed E-state index contributed by atoms with van der Waals surface area (Å²) in [5, 5.41) is 8.71. The number of nitrogens with zero attached hydrogens (tertiary/aromatic N) is 1. The molecule has 2 heterocycles. The van der Waals surface area contributed by atoms with Gasteiger partial charge in [0.1, 0.15) is 11.9 Å². The highest BCUT2D eigenvalue weighted by Gasteiger charge is 2.24. The van der Waals surface area contributed by atoms with Crippen molar-refractivity contribution in [2.24, 2.45) is 0 Å². The van der Waals surface area contributed by atoms with Crippen LogP contribution < -0.4 is 20.3 Å². The molecule has 1 fully saturated rings. The molecule has 0 radical (unpaired) electrons. The van der Waals surface area contributed by atoms with Gasteiger partial charge in [-0.1, -0.05) is 19.1 Å². The lowest BCUT2D eigenvalue weighted by Crippen LogP contribution is -2.34. The van der Waals surface area contributed by atoms with Crippen LogP contribution in [0.1, 0.15) is 43.6 Å². The van der Waals surface area contributed by atoms with Crippen LogP contribution in [0.25, 0.3) is 0 Å². The SMILES string of the molecule is CCN[C@H]1CCCN(c2cccc(OC(CCNC)c3cccs3)c2)C(=O)C1. The van der Waals surface area contributed by atoms with E-state index in [1.165, 1.54) is 4.88 Å². The van der Waals surface area contributed by atoms with E-state index in [-0.39, 0.29) is 18.1 Å². The topological polar surface area (TPSA) is 53.6 Å². The lowest BCUT2D eigenvalue weighted by atomic mass is 10.1. The van der Waals surface area contributed by atoms with Crippen molar-refractivity contribution in [1.82, 2.24) is 10.6 Å². The van der Waals surface area contributed by atoms with Gasteiger partial charge < -0.3 is 20.3 Å². The molecule has 1 aromatic heterocycles. The zero-order valence-corrected chi connectivity index (χ0v) is 17.6. The van der Waals surface area contributed by atoms with Gasteiger partial charge in [-0.25, -0.2) is 0 Å². The van der Waals surface area contributed by atoms with E-state index in [1.807, 2.05) is 36.2 Å². The maximum atomic E-state index is 12.8. The molecule has 1 amide bonds. The molecule has 1 saturated heterocycles. The van der Waals surface area contributed by atoms with E-state index in [9.17, 15) is 4.79 Å². The lowest BCUT2D eigenvalue weighted by Gasteiger charge is -2.23. The number of ether oxygens (including phenoxy) is 1. The van der Waals surface area contributed by atoms with E-state index in [4.69, 9.17) is 4.74 Å². The summed E-state index contributed by atoms with van der Waals surface area (Å²) in [4.78, 5) is 15.9. The Morgan fingerprint density at radius 3 is 2.96 bits per heavy atom. The van der Waals surface area contributed by atoms with Crippen molar-refractivity contribution in [1.29, 1.82) is 0 Å². The molecule has 1 aliphatic rings. The van der Waals surface area contributed by atoms with E-state index >= 15 is 0 Å². The van der Waals surface area contributed by atoms with E-state index in [2.05, 4.69) is 35.1 Å². The number of thiophene rings is 1. The zero-order valence-electron chi connectivity index (χ0n) is 16.8. The van der Waals surface area contributed by atoms with Crippen molar-refractivity contribution in [3.63, 3.8) is 0 Å². The molecule has 3 rings (SSSR count). The lowest BCUT2D eigenvalue weighted by molar-refractivity contribution is -0.118. The number of rotatable bonds is 9. The minimum atomic E-state index is 0.0145. The van der Waals surface area contributed by atoms with Crippen LogP contribution in [0.5, 0.6) is 5.75 Å². The monoisotopic (exact) mass is 401 g/mol. The smallest absolute Gasteiger partial charge is 0.228 e. The van der Waals surface area contributed by atoms with Crippen LogP contribution in [0.15, 0.2) is 41.8 Å². The maximum Gasteiger partial charge on any atom is 0.228 e. The fraction of sp³-hybridized carbons (Fsp3) is 0.500. The van der Waals surface area contributed by atoms with E-state index in [0.717, 1.165) is 50.3 Å². The van der Waals surface area contributed by atoms with Crippen LogP contribution in [0.2, 0.25) is 0 Å². The third-order valence-electron chi connectivity index (χ3n) is 5.07. The number of benzene rings is 1. The van der Waals surface area contributed by atoms with Crippen LogP contribution >= 0.6 is 11.3 Å². The summed E-state index contributed by atoms with van der Waals surface area (Å²) >= 11 is 1.72. The molecule has 1 aliphatic heterocycles. The molecule has 0 saturated carbocycles. The molecular weight excluding hydrogens is 370 g/mol. The van der Waals surface area contributed by atoms with Gasteiger partial charge in [-0.2, -0.15) is 0 Å². The molecule has 0 aliphatic carbocycles. The average molecular weight is 402 g/mol. The molecule has 6 heteroatoms. The van der Waals surface area contributed by atoms with Gasteiger partial charge in [0.05, 0.1) is 0 Å². The van der Waals surface area contributed by atoms with Gasteiger partial charge in [0.15, 0.2) is 0 Å². The van der Waals surface area contributed by atoms with Crippen molar-refractivity contribution >= 4 is 22.9 Å². The third-order valence-corrected chi connectivity index (χ3v) is 6.04. The van der Waals surface area contributed by atoms with Crippen molar-refractivity contribution in [2.45, 2.75) is 44.8 Å². The highest BCUT2D eigenvalue weighted by atomic mass is 32.1. The number of hydrogen-bond acceptors (Lipinski definition) is 5. The molecule has 1 unspecified atom stereocenters. The molecule has 2 atom stereocenters. The van der Waals surface area contributed by atoms with Crippen LogP contribution in [-0.4, -0.2) is 38.6 Å². The Kier molecular flexibility index (Phi) is 7.89. The fourth-order valence-electron chi connectivity index (χ4n) is 3.68. The molecule has 0 bridgehead atoms. The number of carbonyl (C=O) groups is 1. The van der Waals surface area contributed by atoms with Crippen LogP contribution in [-0.2, 0) is 4.79 Å². The molecule has 28 heavy (non-hydrogen) atoms. The minimum absolute atomic E-state index is 0.0145. The predicted molar refractivity (Wildman–Crippen MR) is 116 cm³/mol. The second kappa shape index (κ2) is 10.6. The number of carbonyl (C=O) groups excluding carboxylic acids is 1. The van der Waals surface area contributed by atoms with Gasteiger partial charge in [-0.15, -0.1) is 11.3 Å². The van der Waals surface area contributed by atoms with E-state index < -0.39 is 0 Å². The Hall–Kier alpha value is -1.89. The Morgan fingerprint density at radius 2 is 2.21 bits per heavy atom. The Balaban J connectivity index is 1.73. The Morgan fingerprint density at radius 1 is 1.32 bits per heavy atom. The number of hydrogen-bond donors (Lipinski definition) is 2. The maximum absolute atomic E-state index is 12.8. The first-order chi connectivity index (χ1) is 13.7. The average Bonchev–Trinajstić information content (AvgIpc) is 3.16. The van der Waals surface area contributed by atoms with Crippen molar-refractivity contribution < 1.29 is 9.53 Å². The second-order valence-electron chi connectivity index (χ2n) is 7.16. The first kappa shape index (κ1) is 20.8. The molecule has 2 aromatic rings. The van der Waals surface area contributed by atoms with Crippen molar-refractivity contribution in [3.05, 3.63) is 46.7 Å². The normalized spacial score (nSPS) is 18.7. The van der Waals surface area contributed by atoms with Gasteiger partial charge in [-0.3, -0.25) is 4.79 Å². The molecule has 2 N–H and O–H groups in total. The standard InChI is InChI=1S/C22H31N3O2S/c1-3-24-17-7-5-13-25(22(26)15-17)18-8-4-9-19(16-18)27-20(11-12-23-2)21-10-6-14-28-21/h4,6,8-10,14,16-17,20,23-24H,3,5,7,11-13,15H2,1-2H3/t17-,20?/m0/s1. The number of amides is 1. The summed E-state index contributed by atoms with van der Waals surface area (Å²) < 4.78 is 6.34. The molecule has 152 valence electrons. The summed E-state index contributed by atoms with van der Waals surface area (Å²) in [5.74, 6) is 0.998. The fourth-order valence-corrected chi connectivity index (χ4v) is 4.47. The highest BCUT2D eigenvalue weighted by Crippen LogP contribution is 2.31. The summed E-state index contributed by atoms with van der Waals surface area (Å²) in [6.07, 6.45) is 3.51. The van der Waals surface area contributed by atoms with Crippen LogP contribution in [0.4, 0.5) is 5.69 Å². The number of anilines is 1. The van der Waals surface area contributed by atoms with Crippen LogP contribution in [0.3, 0.4) is 0 Å². The number of nitrogens with one attached hydrogen (secondary N) is 2. The minimum Gasteiger partial charge on any atom is -0.485 e. The third kappa shape index (κ3) is 5.56. The van der Waals surface area contributed by atoms with E-state index in [0.29, 0.717) is 6.42 Å². The Bertz CT molecular complexity index is 735. The van der Waals surface area contributed by atoms with Gasteiger partial charge in [0, 0.05) is 42.1 Å². The molecule has 1 aromatic carbocycles. The largest absolute Gasteiger partial charge is 0.485 e.